The van der Waals surface area contributed by atoms with Crippen molar-refractivity contribution >= 4 is 63.7 Å². The van der Waals surface area contributed by atoms with Crippen molar-refractivity contribution in [1.29, 1.82) is 0 Å². The van der Waals surface area contributed by atoms with Crippen LogP contribution >= 0.6 is 47.0 Å². The Bertz CT molecular complexity index is 890. The van der Waals surface area contributed by atoms with Crippen molar-refractivity contribution in [3.05, 3.63) is 53.6 Å². The van der Waals surface area contributed by atoms with E-state index in [4.69, 9.17) is 56.5 Å². The topological polar surface area (TPSA) is 71.6 Å². The molecule has 0 radical (unpaired) electrons. The number of nitrogens with one attached hydrogen (secondary N) is 3. The third-order valence-electron chi connectivity index (χ3n) is 3.92. The van der Waals surface area contributed by atoms with Crippen LogP contribution in [0, 0.1) is 6.92 Å². The Morgan fingerprint density at radius 3 is 2.34 bits per heavy atom. The van der Waals surface area contributed by atoms with E-state index in [2.05, 4.69) is 16.0 Å². The van der Waals surface area contributed by atoms with Gasteiger partial charge >= 0.3 is 0 Å². The molecule has 0 aromatic heterocycles. The van der Waals surface area contributed by atoms with Gasteiger partial charge in [-0.1, -0.05) is 53.0 Å². The van der Waals surface area contributed by atoms with Gasteiger partial charge in [0.05, 0.1) is 19.9 Å². The molecule has 2 rings (SSSR count). The number of benzene rings is 2. The van der Waals surface area contributed by atoms with Crippen molar-refractivity contribution in [3.8, 4) is 11.5 Å². The Balaban J connectivity index is 2.16. The number of hydrogen-bond acceptors (Lipinski definition) is 4. The monoisotopic (exact) mass is 475 g/mol. The average molecular weight is 477 g/mol. The van der Waals surface area contributed by atoms with Crippen LogP contribution in [0.15, 0.2) is 42.5 Å². The Morgan fingerprint density at radius 2 is 1.76 bits per heavy atom. The molecule has 29 heavy (non-hydrogen) atoms. The molecule has 1 atom stereocenters. The summed E-state index contributed by atoms with van der Waals surface area (Å²) in [5, 5.41) is 8.52. The first-order valence-corrected chi connectivity index (χ1v) is 9.92. The molecule has 0 aliphatic heterocycles. The minimum absolute atomic E-state index is 0.109. The highest BCUT2D eigenvalue weighted by Gasteiger charge is 2.35. The lowest BCUT2D eigenvalue weighted by Gasteiger charge is -2.28. The molecule has 6 nitrogen and oxygen atoms in total. The summed E-state index contributed by atoms with van der Waals surface area (Å²) in [7, 11) is 3.07. The van der Waals surface area contributed by atoms with E-state index < -0.39 is 15.9 Å². The first-order chi connectivity index (χ1) is 13.7. The molecule has 10 heteroatoms. The van der Waals surface area contributed by atoms with Crippen molar-refractivity contribution in [2.45, 2.75) is 16.9 Å². The SMILES string of the molecule is COc1ccc(OC)c(NC(=S)N[C@H](NC(=O)c2ccccc2C)C(Cl)(Cl)Cl)c1. The van der Waals surface area contributed by atoms with Crippen LogP contribution in [0.1, 0.15) is 15.9 Å². The van der Waals surface area contributed by atoms with Gasteiger partial charge in [-0.2, -0.15) is 0 Å². The molecule has 3 N–H and O–H groups in total. The number of rotatable bonds is 6. The zero-order valence-corrected chi connectivity index (χ0v) is 19.0. The highest BCUT2D eigenvalue weighted by Crippen LogP contribution is 2.31. The van der Waals surface area contributed by atoms with Gasteiger partial charge in [0.1, 0.15) is 17.7 Å². The van der Waals surface area contributed by atoms with Gasteiger partial charge in [0.25, 0.3) is 5.91 Å². The third-order valence-corrected chi connectivity index (χ3v) is 4.80. The zero-order chi connectivity index (χ0) is 21.6. The van der Waals surface area contributed by atoms with Crippen LogP contribution < -0.4 is 25.4 Å². The first kappa shape index (κ1) is 23.3. The summed E-state index contributed by atoms with van der Waals surface area (Å²) in [5.74, 6) is 0.722. The van der Waals surface area contributed by atoms with E-state index in [1.165, 1.54) is 7.11 Å². The Kier molecular flexibility index (Phi) is 8.22. The van der Waals surface area contributed by atoms with Gasteiger partial charge in [0.15, 0.2) is 5.11 Å². The standard InChI is InChI=1S/C19H20Cl3N3O3S/c1-11-6-4-5-7-13(11)16(26)24-17(19(20,21)22)25-18(29)23-14-10-12(27-2)8-9-15(14)28-3/h4-10,17H,1-3H3,(H,24,26)(H2,23,25,29)/t17-/m0/s1. The highest BCUT2D eigenvalue weighted by molar-refractivity contribution is 7.80. The van der Waals surface area contributed by atoms with Crippen molar-refractivity contribution in [3.63, 3.8) is 0 Å². The third kappa shape index (κ3) is 6.54. The van der Waals surface area contributed by atoms with Gasteiger partial charge in [0, 0.05) is 11.6 Å². The van der Waals surface area contributed by atoms with Gasteiger partial charge in [-0.05, 0) is 42.9 Å². The van der Waals surface area contributed by atoms with Gasteiger partial charge < -0.3 is 25.4 Å². The first-order valence-electron chi connectivity index (χ1n) is 8.38. The lowest BCUT2D eigenvalue weighted by Crippen LogP contribution is -2.56. The summed E-state index contributed by atoms with van der Waals surface area (Å²) in [6.07, 6.45) is -1.10. The minimum atomic E-state index is -1.87. The van der Waals surface area contributed by atoms with Crippen LogP contribution in [-0.4, -0.2) is 35.2 Å². The second-order valence-corrected chi connectivity index (χ2v) is 8.70. The second-order valence-electron chi connectivity index (χ2n) is 5.93. The van der Waals surface area contributed by atoms with Crippen LogP contribution in [0.4, 0.5) is 5.69 Å². The van der Waals surface area contributed by atoms with E-state index in [0.29, 0.717) is 22.7 Å². The predicted molar refractivity (Wildman–Crippen MR) is 122 cm³/mol. The van der Waals surface area contributed by atoms with Crippen LogP contribution in [0.3, 0.4) is 0 Å². The van der Waals surface area contributed by atoms with E-state index in [1.807, 2.05) is 19.1 Å². The summed E-state index contributed by atoms with van der Waals surface area (Å²) < 4.78 is 8.63. The molecule has 0 spiro atoms. The van der Waals surface area contributed by atoms with Crippen LogP contribution in [-0.2, 0) is 0 Å². The van der Waals surface area contributed by atoms with Crippen LogP contribution in [0.25, 0.3) is 0 Å². The number of thiocarbonyl (C=S) groups is 1. The number of carbonyl (C=O) groups excluding carboxylic acids is 1. The molecule has 0 unspecified atom stereocenters. The molecule has 0 aliphatic carbocycles. The molecule has 0 bridgehead atoms. The summed E-state index contributed by atoms with van der Waals surface area (Å²) in [5.41, 5.74) is 1.79. The molecule has 0 heterocycles. The largest absolute Gasteiger partial charge is 0.497 e. The fourth-order valence-electron chi connectivity index (χ4n) is 2.44. The number of alkyl halides is 3. The highest BCUT2D eigenvalue weighted by atomic mass is 35.6. The molecular formula is C19H20Cl3N3O3S. The molecule has 0 fully saturated rings. The number of carbonyl (C=O) groups is 1. The number of halogens is 3. The van der Waals surface area contributed by atoms with Crippen molar-refractivity contribution < 1.29 is 14.3 Å². The number of amides is 1. The molecule has 0 saturated carbocycles. The smallest absolute Gasteiger partial charge is 0.253 e. The lowest BCUT2D eigenvalue weighted by atomic mass is 10.1. The average Bonchev–Trinajstić information content (AvgIpc) is 2.66. The quantitative estimate of drug-likeness (QED) is 0.326. The van der Waals surface area contributed by atoms with Crippen molar-refractivity contribution in [1.82, 2.24) is 10.6 Å². The summed E-state index contributed by atoms with van der Waals surface area (Å²) in [4.78, 5) is 12.6. The predicted octanol–water partition coefficient (Wildman–Crippen LogP) is 4.42. The zero-order valence-electron chi connectivity index (χ0n) is 15.9. The molecule has 1 amide bonds. The fraction of sp³-hybridized carbons (Fsp3) is 0.263. The van der Waals surface area contributed by atoms with Gasteiger partial charge in [-0.15, -0.1) is 0 Å². The van der Waals surface area contributed by atoms with Crippen molar-refractivity contribution in [2.75, 3.05) is 19.5 Å². The summed E-state index contributed by atoms with van der Waals surface area (Å²) in [6.45, 7) is 1.81. The van der Waals surface area contributed by atoms with E-state index in [1.54, 1.807) is 37.4 Å². The van der Waals surface area contributed by atoms with E-state index in [0.717, 1.165) is 5.56 Å². The molecule has 2 aromatic rings. The molecular weight excluding hydrogens is 457 g/mol. The summed E-state index contributed by atoms with van der Waals surface area (Å²) in [6, 6.07) is 12.2. The summed E-state index contributed by atoms with van der Waals surface area (Å²) >= 11 is 23.5. The fourth-order valence-corrected chi connectivity index (χ4v) is 2.99. The minimum Gasteiger partial charge on any atom is -0.497 e. The molecule has 0 aliphatic rings. The lowest BCUT2D eigenvalue weighted by molar-refractivity contribution is 0.0934. The Hall–Kier alpha value is -1.93. The van der Waals surface area contributed by atoms with Gasteiger partial charge in [-0.25, -0.2) is 0 Å². The maximum Gasteiger partial charge on any atom is 0.253 e. The van der Waals surface area contributed by atoms with Crippen LogP contribution in [0.2, 0.25) is 0 Å². The number of hydrogen-bond donors (Lipinski definition) is 3. The Morgan fingerprint density at radius 1 is 1.07 bits per heavy atom. The van der Waals surface area contributed by atoms with Crippen LogP contribution in [0.5, 0.6) is 11.5 Å². The number of aryl methyl sites for hydroxylation is 1. The maximum atomic E-state index is 12.6. The Labute approximate surface area is 189 Å². The van der Waals surface area contributed by atoms with Gasteiger partial charge in [-0.3, -0.25) is 4.79 Å². The van der Waals surface area contributed by atoms with E-state index in [9.17, 15) is 4.79 Å². The van der Waals surface area contributed by atoms with E-state index >= 15 is 0 Å². The molecule has 2 aromatic carbocycles. The van der Waals surface area contributed by atoms with Crippen molar-refractivity contribution in [2.24, 2.45) is 0 Å². The van der Waals surface area contributed by atoms with E-state index in [-0.39, 0.29) is 5.11 Å². The normalized spacial score (nSPS) is 11.9. The van der Waals surface area contributed by atoms with Gasteiger partial charge in [0.2, 0.25) is 3.79 Å². The molecule has 156 valence electrons. The molecule has 0 saturated heterocycles. The number of anilines is 1. The number of ether oxygens (including phenoxy) is 2. The number of methoxy groups -OCH3 is 2. The second kappa shape index (κ2) is 10.2. The maximum absolute atomic E-state index is 12.6.